The van der Waals surface area contributed by atoms with E-state index in [4.69, 9.17) is 4.74 Å². The standard InChI is InChI=1S/C17H16N6O/c1-22-8-9-24-17(21-22)16-6-2-5-15(20-16)13-10-19-23(12-13)14-4-3-7-18-11-14/h2-7,10-12H,8-9H2,1H3. The highest BCUT2D eigenvalue weighted by Crippen LogP contribution is 2.19. The van der Waals surface area contributed by atoms with E-state index in [1.54, 1.807) is 23.3 Å². The molecule has 0 fully saturated rings. The predicted octanol–water partition coefficient (Wildman–Crippen LogP) is 1.95. The molecule has 4 heterocycles. The average Bonchev–Trinajstić information content (AvgIpc) is 3.13. The van der Waals surface area contributed by atoms with Crippen LogP contribution in [0.3, 0.4) is 0 Å². The van der Waals surface area contributed by atoms with Gasteiger partial charge in [0, 0.05) is 25.0 Å². The van der Waals surface area contributed by atoms with Gasteiger partial charge >= 0.3 is 0 Å². The lowest BCUT2D eigenvalue weighted by Crippen LogP contribution is -2.28. The molecule has 0 amide bonds. The molecule has 1 aliphatic heterocycles. The molecule has 0 N–H and O–H groups in total. The van der Waals surface area contributed by atoms with E-state index in [2.05, 4.69) is 20.2 Å². The van der Waals surface area contributed by atoms with E-state index >= 15 is 0 Å². The number of hydrazone groups is 1. The Bertz CT molecular complexity index is 874. The van der Waals surface area contributed by atoms with Gasteiger partial charge in [-0.3, -0.25) is 9.99 Å². The van der Waals surface area contributed by atoms with Crippen LogP contribution in [0.2, 0.25) is 0 Å². The number of ether oxygens (including phenoxy) is 1. The molecule has 0 aliphatic carbocycles. The number of rotatable bonds is 3. The van der Waals surface area contributed by atoms with Crippen molar-refractivity contribution < 1.29 is 4.74 Å². The lowest BCUT2D eigenvalue weighted by molar-refractivity contribution is 0.191. The summed E-state index contributed by atoms with van der Waals surface area (Å²) in [5.74, 6) is 0.547. The predicted molar refractivity (Wildman–Crippen MR) is 89.7 cm³/mol. The Labute approximate surface area is 139 Å². The van der Waals surface area contributed by atoms with Gasteiger partial charge in [0.15, 0.2) is 0 Å². The Hall–Kier alpha value is -3.22. The van der Waals surface area contributed by atoms with E-state index in [-0.39, 0.29) is 0 Å². The summed E-state index contributed by atoms with van der Waals surface area (Å²) in [5.41, 5.74) is 3.36. The minimum atomic E-state index is 0.547. The van der Waals surface area contributed by atoms with Crippen LogP contribution in [0.5, 0.6) is 0 Å². The second-order valence-corrected chi connectivity index (χ2v) is 5.43. The van der Waals surface area contributed by atoms with Crippen molar-refractivity contribution in [2.45, 2.75) is 0 Å². The van der Waals surface area contributed by atoms with Crippen LogP contribution in [0.25, 0.3) is 16.9 Å². The summed E-state index contributed by atoms with van der Waals surface area (Å²) in [6, 6.07) is 9.62. The topological polar surface area (TPSA) is 68.4 Å². The van der Waals surface area contributed by atoms with Gasteiger partial charge in [0.05, 0.1) is 30.3 Å². The van der Waals surface area contributed by atoms with Gasteiger partial charge in [-0.05, 0) is 24.3 Å². The molecular weight excluding hydrogens is 304 g/mol. The summed E-state index contributed by atoms with van der Waals surface area (Å²) in [6.07, 6.45) is 7.22. The van der Waals surface area contributed by atoms with Crippen LogP contribution in [-0.2, 0) is 4.74 Å². The molecule has 0 spiro atoms. The molecule has 0 radical (unpaired) electrons. The number of hydrogen-bond donors (Lipinski definition) is 0. The maximum Gasteiger partial charge on any atom is 0.257 e. The monoisotopic (exact) mass is 320 g/mol. The molecule has 24 heavy (non-hydrogen) atoms. The van der Waals surface area contributed by atoms with Gasteiger partial charge in [-0.1, -0.05) is 6.07 Å². The van der Waals surface area contributed by atoms with Crippen molar-refractivity contribution >= 4 is 5.90 Å². The fraction of sp³-hybridized carbons (Fsp3) is 0.176. The van der Waals surface area contributed by atoms with Gasteiger partial charge in [0.2, 0.25) is 0 Å². The Balaban J connectivity index is 1.66. The Morgan fingerprint density at radius 2 is 2.00 bits per heavy atom. The van der Waals surface area contributed by atoms with Gasteiger partial charge in [-0.15, -0.1) is 5.10 Å². The summed E-state index contributed by atoms with van der Waals surface area (Å²) >= 11 is 0. The smallest absolute Gasteiger partial charge is 0.257 e. The van der Waals surface area contributed by atoms with Gasteiger partial charge in [-0.25, -0.2) is 9.67 Å². The molecule has 120 valence electrons. The first-order valence-electron chi connectivity index (χ1n) is 7.65. The second-order valence-electron chi connectivity index (χ2n) is 5.43. The van der Waals surface area contributed by atoms with Crippen molar-refractivity contribution in [3.8, 4) is 16.9 Å². The summed E-state index contributed by atoms with van der Waals surface area (Å²) < 4.78 is 7.39. The van der Waals surface area contributed by atoms with Crippen molar-refractivity contribution in [2.75, 3.05) is 20.2 Å². The number of nitrogens with zero attached hydrogens (tertiary/aromatic N) is 6. The summed E-state index contributed by atoms with van der Waals surface area (Å²) in [6.45, 7) is 1.39. The van der Waals surface area contributed by atoms with Gasteiger partial charge in [0.1, 0.15) is 12.3 Å². The van der Waals surface area contributed by atoms with Crippen LogP contribution in [0.1, 0.15) is 5.69 Å². The SMILES string of the molecule is CN1CCOC(c2cccc(-c3cnn(-c4cccnc4)c3)n2)=N1. The molecule has 1 aliphatic rings. The Morgan fingerprint density at radius 3 is 2.83 bits per heavy atom. The molecule has 7 nitrogen and oxygen atoms in total. The largest absolute Gasteiger partial charge is 0.473 e. The first-order chi connectivity index (χ1) is 11.8. The third kappa shape index (κ3) is 2.83. The van der Waals surface area contributed by atoms with Crippen molar-refractivity contribution in [1.29, 1.82) is 0 Å². The van der Waals surface area contributed by atoms with Gasteiger partial charge in [-0.2, -0.15) is 5.10 Å². The third-order valence-corrected chi connectivity index (χ3v) is 3.67. The molecule has 0 aromatic carbocycles. The lowest BCUT2D eigenvalue weighted by atomic mass is 10.2. The zero-order valence-corrected chi connectivity index (χ0v) is 13.2. The van der Waals surface area contributed by atoms with Crippen LogP contribution in [0.4, 0.5) is 0 Å². The quantitative estimate of drug-likeness (QED) is 0.738. The molecule has 3 aromatic heterocycles. The molecule has 0 saturated carbocycles. The van der Waals surface area contributed by atoms with E-state index in [0.717, 1.165) is 23.5 Å². The van der Waals surface area contributed by atoms with Crippen LogP contribution < -0.4 is 0 Å². The van der Waals surface area contributed by atoms with Crippen molar-refractivity contribution in [3.63, 3.8) is 0 Å². The Kier molecular flexibility index (Phi) is 3.66. The van der Waals surface area contributed by atoms with E-state index < -0.39 is 0 Å². The normalized spacial score (nSPS) is 14.2. The first-order valence-corrected chi connectivity index (χ1v) is 7.65. The lowest BCUT2D eigenvalue weighted by Gasteiger charge is -2.21. The average molecular weight is 320 g/mol. The maximum absolute atomic E-state index is 5.62. The molecule has 0 atom stereocenters. The molecule has 0 bridgehead atoms. The van der Waals surface area contributed by atoms with Crippen molar-refractivity contribution in [1.82, 2.24) is 24.8 Å². The van der Waals surface area contributed by atoms with Crippen LogP contribution >= 0.6 is 0 Å². The van der Waals surface area contributed by atoms with E-state index in [9.17, 15) is 0 Å². The summed E-state index contributed by atoms with van der Waals surface area (Å²) in [5, 5.41) is 10.6. The number of likely N-dealkylation sites (N-methyl/N-ethyl adjacent to an activating group) is 1. The minimum Gasteiger partial charge on any atom is -0.473 e. The summed E-state index contributed by atoms with van der Waals surface area (Å²) in [4.78, 5) is 8.77. The fourth-order valence-electron chi connectivity index (χ4n) is 2.43. The zero-order valence-electron chi connectivity index (χ0n) is 13.2. The molecule has 0 unspecified atom stereocenters. The zero-order chi connectivity index (χ0) is 16.4. The highest BCUT2D eigenvalue weighted by atomic mass is 16.5. The number of aromatic nitrogens is 4. The van der Waals surface area contributed by atoms with Gasteiger partial charge in [0.25, 0.3) is 5.90 Å². The fourth-order valence-corrected chi connectivity index (χ4v) is 2.43. The van der Waals surface area contributed by atoms with E-state index in [0.29, 0.717) is 18.2 Å². The minimum absolute atomic E-state index is 0.547. The van der Waals surface area contributed by atoms with Crippen molar-refractivity contribution in [2.24, 2.45) is 5.10 Å². The van der Waals surface area contributed by atoms with Crippen LogP contribution in [-0.4, -0.2) is 50.9 Å². The highest BCUT2D eigenvalue weighted by Gasteiger charge is 2.15. The first kappa shape index (κ1) is 14.4. The van der Waals surface area contributed by atoms with Crippen LogP contribution in [0.15, 0.2) is 60.2 Å². The highest BCUT2D eigenvalue weighted by molar-refractivity contribution is 5.92. The number of pyridine rings is 2. The molecule has 4 rings (SSSR count). The van der Waals surface area contributed by atoms with Gasteiger partial charge < -0.3 is 4.74 Å². The Morgan fingerprint density at radius 1 is 1.08 bits per heavy atom. The molecule has 7 heteroatoms. The van der Waals surface area contributed by atoms with E-state index in [1.165, 1.54) is 0 Å². The molecular formula is C17H16N6O. The van der Waals surface area contributed by atoms with Crippen molar-refractivity contribution in [3.05, 3.63) is 60.8 Å². The summed E-state index contributed by atoms with van der Waals surface area (Å²) in [7, 11) is 1.92. The third-order valence-electron chi connectivity index (χ3n) is 3.67. The second kappa shape index (κ2) is 6.11. The van der Waals surface area contributed by atoms with Crippen LogP contribution in [0, 0.1) is 0 Å². The number of hydrogen-bond acceptors (Lipinski definition) is 6. The molecule has 0 saturated heterocycles. The maximum atomic E-state index is 5.62. The molecule has 3 aromatic rings. The van der Waals surface area contributed by atoms with E-state index in [1.807, 2.05) is 48.6 Å².